The number of epoxide rings is 1. The zero-order chi connectivity index (χ0) is 12.0. The van der Waals surface area contributed by atoms with Crippen LogP contribution in [0.1, 0.15) is 33.6 Å². The SMILES string of the molecule is CCC1CC2(CO1)OC2(C(=O)OC)C(C)C. The first-order valence-electron chi connectivity index (χ1n) is 5.92. The minimum absolute atomic E-state index is 0.110. The number of esters is 1. The van der Waals surface area contributed by atoms with Crippen LogP contribution in [0.5, 0.6) is 0 Å². The summed E-state index contributed by atoms with van der Waals surface area (Å²) in [6.45, 7) is 6.58. The van der Waals surface area contributed by atoms with Crippen LogP contribution < -0.4 is 0 Å². The molecule has 2 saturated heterocycles. The highest BCUT2D eigenvalue weighted by Crippen LogP contribution is 2.59. The fourth-order valence-corrected chi connectivity index (χ4v) is 2.87. The van der Waals surface area contributed by atoms with Gasteiger partial charge in [-0.25, -0.2) is 4.79 Å². The third-order valence-corrected chi connectivity index (χ3v) is 3.86. The van der Waals surface area contributed by atoms with Crippen molar-refractivity contribution in [3.63, 3.8) is 0 Å². The van der Waals surface area contributed by atoms with Crippen LogP contribution in [0.25, 0.3) is 0 Å². The largest absolute Gasteiger partial charge is 0.467 e. The normalized spacial score (nSPS) is 41.7. The van der Waals surface area contributed by atoms with Gasteiger partial charge in [0.05, 0.1) is 19.8 Å². The van der Waals surface area contributed by atoms with Crippen molar-refractivity contribution in [3.8, 4) is 0 Å². The number of carbonyl (C=O) groups is 1. The molecular formula is C12H20O4. The van der Waals surface area contributed by atoms with Crippen LogP contribution in [0.15, 0.2) is 0 Å². The van der Waals surface area contributed by atoms with Crippen LogP contribution in [0.2, 0.25) is 0 Å². The summed E-state index contributed by atoms with van der Waals surface area (Å²) in [6, 6.07) is 0. The molecule has 0 aromatic carbocycles. The molecule has 0 aliphatic carbocycles. The lowest BCUT2D eigenvalue weighted by molar-refractivity contribution is -0.148. The van der Waals surface area contributed by atoms with Gasteiger partial charge in [-0.1, -0.05) is 20.8 Å². The smallest absolute Gasteiger partial charge is 0.341 e. The molecule has 2 rings (SSSR count). The van der Waals surface area contributed by atoms with Gasteiger partial charge in [-0.15, -0.1) is 0 Å². The van der Waals surface area contributed by atoms with Gasteiger partial charge in [0.25, 0.3) is 0 Å². The molecule has 2 aliphatic rings. The molecular weight excluding hydrogens is 208 g/mol. The fourth-order valence-electron chi connectivity index (χ4n) is 2.87. The zero-order valence-corrected chi connectivity index (χ0v) is 10.4. The van der Waals surface area contributed by atoms with Crippen molar-refractivity contribution in [3.05, 3.63) is 0 Å². The molecule has 16 heavy (non-hydrogen) atoms. The Labute approximate surface area is 96.2 Å². The Balaban J connectivity index is 2.19. The van der Waals surface area contributed by atoms with E-state index in [9.17, 15) is 4.79 Å². The predicted molar refractivity (Wildman–Crippen MR) is 58.0 cm³/mol. The van der Waals surface area contributed by atoms with Gasteiger partial charge >= 0.3 is 5.97 Å². The molecule has 2 fully saturated rings. The third kappa shape index (κ3) is 1.32. The Morgan fingerprint density at radius 1 is 1.56 bits per heavy atom. The number of methoxy groups -OCH3 is 1. The maximum atomic E-state index is 11.9. The molecule has 0 saturated carbocycles. The second kappa shape index (κ2) is 3.70. The molecule has 0 bridgehead atoms. The Hall–Kier alpha value is -0.610. The van der Waals surface area contributed by atoms with E-state index in [-0.39, 0.29) is 18.0 Å². The molecule has 0 radical (unpaired) electrons. The van der Waals surface area contributed by atoms with E-state index in [1.165, 1.54) is 7.11 Å². The molecule has 0 aromatic rings. The number of hydrogen-bond acceptors (Lipinski definition) is 4. The van der Waals surface area contributed by atoms with E-state index in [4.69, 9.17) is 14.2 Å². The lowest BCUT2D eigenvalue weighted by atomic mass is 9.82. The van der Waals surface area contributed by atoms with Crippen molar-refractivity contribution >= 4 is 5.97 Å². The van der Waals surface area contributed by atoms with Crippen molar-refractivity contribution in [2.24, 2.45) is 5.92 Å². The second-order valence-corrected chi connectivity index (χ2v) is 5.02. The maximum absolute atomic E-state index is 11.9. The van der Waals surface area contributed by atoms with E-state index in [2.05, 4.69) is 6.92 Å². The summed E-state index contributed by atoms with van der Waals surface area (Å²) in [5.74, 6) is -0.151. The number of hydrogen-bond donors (Lipinski definition) is 0. The van der Waals surface area contributed by atoms with E-state index < -0.39 is 11.2 Å². The van der Waals surface area contributed by atoms with Crippen molar-refractivity contribution < 1.29 is 19.0 Å². The van der Waals surface area contributed by atoms with E-state index in [0.717, 1.165) is 12.8 Å². The van der Waals surface area contributed by atoms with E-state index in [1.54, 1.807) is 0 Å². The van der Waals surface area contributed by atoms with Crippen molar-refractivity contribution in [2.75, 3.05) is 13.7 Å². The minimum Gasteiger partial charge on any atom is -0.467 e. The molecule has 0 aromatic heterocycles. The standard InChI is InChI=1S/C12H20O4/c1-5-9-6-11(7-15-9)12(16-11,8(2)3)10(13)14-4/h8-9H,5-7H2,1-4H3. The summed E-state index contributed by atoms with van der Waals surface area (Å²) in [4.78, 5) is 11.9. The van der Waals surface area contributed by atoms with Gasteiger partial charge < -0.3 is 14.2 Å². The molecule has 3 unspecified atom stereocenters. The summed E-state index contributed by atoms with van der Waals surface area (Å²) in [7, 11) is 1.41. The van der Waals surface area contributed by atoms with Gasteiger partial charge in [0.1, 0.15) is 5.60 Å². The lowest BCUT2D eigenvalue weighted by Gasteiger charge is -2.17. The summed E-state index contributed by atoms with van der Waals surface area (Å²) >= 11 is 0. The van der Waals surface area contributed by atoms with Gasteiger partial charge in [-0.3, -0.25) is 0 Å². The van der Waals surface area contributed by atoms with Crippen LogP contribution in [0.4, 0.5) is 0 Å². The van der Waals surface area contributed by atoms with Crippen molar-refractivity contribution in [1.82, 2.24) is 0 Å². The van der Waals surface area contributed by atoms with Crippen LogP contribution in [0.3, 0.4) is 0 Å². The molecule has 4 nitrogen and oxygen atoms in total. The Kier molecular flexibility index (Phi) is 2.75. The molecule has 0 N–H and O–H groups in total. The Morgan fingerprint density at radius 2 is 2.25 bits per heavy atom. The van der Waals surface area contributed by atoms with Crippen LogP contribution in [-0.4, -0.2) is 37.0 Å². The van der Waals surface area contributed by atoms with E-state index >= 15 is 0 Å². The highest BCUT2D eigenvalue weighted by Gasteiger charge is 2.78. The van der Waals surface area contributed by atoms with E-state index in [0.29, 0.717) is 6.61 Å². The third-order valence-electron chi connectivity index (χ3n) is 3.86. The molecule has 2 aliphatic heterocycles. The molecule has 1 spiro atoms. The molecule has 92 valence electrons. The monoisotopic (exact) mass is 228 g/mol. The average Bonchev–Trinajstić information content (AvgIpc) is 2.73. The quantitative estimate of drug-likeness (QED) is 0.543. The highest BCUT2D eigenvalue weighted by molar-refractivity contribution is 5.85. The van der Waals surface area contributed by atoms with Gasteiger partial charge in [-0.05, 0) is 12.3 Å². The van der Waals surface area contributed by atoms with Crippen molar-refractivity contribution in [2.45, 2.75) is 50.9 Å². The Morgan fingerprint density at radius 3 is 2.69 bits per heavy atom. The zero-order valence-electron chi connectivity index (χ0n) is 10.4. The fraction of sp³-hybridized carbons (Fsp3) is 0.917. The topological polar surface area (TPSA) is 48.1 Å². The van der Waals surface area contributed by atoms with Gasteiger partial charge in [0.15, 0.2) is 5.60 Å². The summed E-state index contributed by atoms with van der Waals surface area (Å²) < 4.78 is 16.3. The molecule has 4 heteroatoms. The first-order chi connectivity index (χ1) is 7.52. The number of rotatable bonds is 3. The van der Waals surface area contributed by atoms with Gasteiger partial charge in [-0.2, -0.15) is 0 Å². The van der Waals surface area contributed by atoms with E-state index in [1.807, 2.05) is 13.8 Å². The Bertz CT molecular complexity index is 301. The first kappa shape index (κ1) is 11.9. The molecule has 2 heterocycles. The molecule has 0 amide bonds. The summed E-state index contributed by atoms with van der Waals surface area (Å²) in [5, 5.41) is 0. The second-order valence-electron chi connectivity index (χ2n) is 5.02. The van der Waals surface area contributed by atoms with Gasteiger partial charge in [0.2, 0.25) is 0 Å². The van der Waals surface area contributed by atoms with Gasteiger partial charge in [0, 0.05) is 6.42 Å². The number of carbonyl (C=O) groups excluding carboxylic acids is 1. The average molecular weight is 228 g/mol. The van der Waals surface area contributed by atoms with Crippen LogP contribution in [-0.2, 0) is 19.0 Å². The molecule has 3 atom stereocenters. The van der Waals surface area contributed by atoms with Crippen LogP contribution in [0, 0.1) is 5.92 Å². The predicted octanol–water partition coefficient (Wildman–Crippen LogP) is 1.52. The van der Waals surface area contributed by atoms with Crippen molar-refractivity contribution in [1.29, 1.82) is 0 Å². The summed E-state index contributed by atoms with van der Waals surface area (Å²) in [5.41, 5.74) is -1.19. The summed E-state index contributed by atoms with van der Waals surface area (Å²) in [6.07, 6.45) is 1.97. The lowest BCUT2D eigenvalue weighted by Crippen LogP contribution is -2.40. The highest BCUT2D eigenvalue weighted by atomic mass is 16.7. The van der Waals surface area contributed by atoms with Crippen LogP contribution >= 0.6 is 0 Å². The minimum atomic E-state index is -0.772. The maximum Gasteiger partial charge on any atom is 0.341 e. The number of ether oxygens (including phenoxy) is 3. The first-order valence-corrected chi connectivity index (χ1v) is 5.92.